The Hall–Kier alpha value is -0.870. The smallest absolute Gasteiger partial charge is 0.152 e. The van der Waals surface area contributed by atoms with Crippen molar-refractivity contribution in [1.82, 2.24) is 0 Å². The fourth-order valence-electron chi connectivity index (χ4n) is 2.06. The standard InChI is InChI=1S/C11H15NO2S/c1-7-3-5-8(6-4-7)9-10(12)11(9)15(2,13)14/h3-6,9-11H,12H2,1-2H3/t9-,10+,11+/m1/s1. The third-order valence-corrected chi connectivity index (χ3v) is 4.56. The van der Waals surface area contributed by atoms with E-state index in [0.717, 1.165) is 5.56 Å². The Morgan fingerprint density at radius 3 is 2.13 bits per heavy atom. The van der Waals surface area contributed by atoms with Crippen LogP contribution in [0.5, 0.6) is 0 Å². The molecule has 2 rings (SSSR count). The van der Waals surface area contributed by atoms with Crippen molar-refractivity contribution in [2.75, 3.05) is 6.26 Å². The fraction of sp³-hybridized carbons (Fsp3) is 0.455. The zero-order valence-corrected chi connectivity index (χ0v) is 9.66. The van der Waals surface area contributed by atoms with Gasteiger partial charge in [-0.2, -0.15) is 0 Å². The number of hydrogen-bond donors (Lipinski definition) is 1. The molecule has 0 unspecified atom stereocenters. The van der Waals surface area contributed by atoms with Gasteiger partial charge in [0.25, 0.3) is 0 Å². The zero-order valence-electron chi connectivity index (χ0n) is 8.84. The zero-order chi connectivity index (χ0) is 11.2. The maximum absolute atomic E-state index is 11.4. The topological polar surface area (TPSA) is 60.2 Å². The van der Waals surface area contributed by atoms with Gasteiger partial charge in [0.05, 0.1) is 5.25 Å². The average Bonchev–Trinajstić information content (AvgIpc) is 2.78. The number of hydrogen-bond acceptors (Lipinski definition) is 3. The molecule has 1 aliphatic carbocycles. The Morgan fingerprint density at radius 2 is 1.73 bits per heavy atom. The molecule has 1 aromatic carbocycles. The molecule has 2 N–H and O–H groups in total. The number of rotatable bonds is 2. The summed E-state index contributed by atoms with van der Waals surface area (Å²) in [5, 5.41) is -0.389. The molecule has 1 aromatic rings. The van der Waals surface area contributed by atoms with Crippen LogP contribution in [-0.2, 0) is 9.84 Å². The maximum Gasteiger partial charge on any atom is 0.152 e. The monoisotopic (exact) mass is 225 g/mol. The summed E-state index contributed by atoms with van der Waals surface area (Å²) in [6, 6.07) is 7.66. The molecule has 0 radical (unpaired) electrons. The van der Waals surface area contributed by atoms with Gasteiger partial charge >= 0.3 is 0 Å². The molecule has 3 nitrogen and oxygen atoms in total. The predicted octanol–water partition coefficient (Wildman–Crippen LogP) is 0.833. The molecule has 1 fully saturated rings. The second-order valence-electron chi connectivity index (χ2n) is 4.31. The Morgan fingerprint density at radius 1 is 1.20 bits per heavy atom. The molecule has 1 aliphatic rings. The Labute approximate surface area is 90.2 Å². The molecule has 82 valence electrons. The van der Waals surface area contributed by atoms with Crippen LogP contribution in [-0.4, -0.2) is 26.0 Å². The van der Waals surface area contributed by atoms with Crippen LogP contribution in [0, 0.1) is 6.92 Å². The first-order chi connectivity index (χ1) is 6.91. The van der Waals surface area contributed by atoms with Crippen molar-refractivity contribution in [2.45, 2.75) is 24.1 Å². The van der Waals surface area contributed by atoms with Gasteiger partial charge in [-0.15, -0.1) is 0 Å². The Balaban J connectivity index is 2.26. The quantitative estimate of drug-likeness (QED) is 0.811. The molecule has 0 heterocycles. The first-order valence-corrected chi connectivity index (χ1v) is 6.88. The number of benzene rings is 1. The van der Waals surface area contributed by atoms with Crippen molar-refractivity contribution in [3.05, 3.63) is 35.4 Å². The normalized spacial score (nSPS) is 30.2. The number of nitrogens with two attached hydrogens (primary N) is 1. The molecule has 0 aromatic heterocycles. The van der Waals surface area contributed by atoms with E-state index in [4.69, 9.17) is 5.73 Å². The lowest BCUT2D eigenvalue weighted by molar-refractivity contribution is 0.599. The molecule has 0 bridgehead atoms. The lowest BCUT2D eigenvalue weighted by Gasteiger charge is -1.99. The van der Waals surface area contributed by atoms with E-state index < -0.39 is 9.84 Å². The second-order valence-corrected chi connectivity index (χ2v) is 6.51. The number of sulfone groups is 1. The largest absolute Gasteiger partial charge is 0.326 e. The predicted molar refractivity (Wildman–Crippen MR) is 60.5 cm³/mol. The number of aryl methyl sites for hydroxylation is 1. The van der Waals surface area contributed by atoms with Crippen molar-refractivity contribution in [1.29, 1.82) is 0 Å². The fourth-order valence-corrected chi connectivity index (χ4v) is 3.58. The summed E-state index contributed by atoms with van der Waals surface area (Å²) in [4.78, 5) is 0. The Bertz CT molecular complexity index is 464. The second kappa shape index (κ2) is 3.32. The van der Waals surface area contributed by atoms with Crippen LogP contribution in [0.3, 0.4) is 0 Å². The highest BCUT2D eigenvalue weighted by molar-refractivity contribution is 7.91. The maximum atomic E-state index is 11.4. The minimum Gasteiger partial charge on any atom is -0.326 e. The molecular weight excluding hydrogens is 210 g/mol. The molecule has 0 spiro atoms. The lowest BCUT2D eigenvalue weighted by atomic mass is 10.1. The summed E-state index contributed by atoms with van der Waals surface area (Å²) in [7, 11) is -3.01. The van der Waals surface area contributed by atoms with Gasteiger partial charge in [0, 0.05) is 18.2 Å². The van der Waals surface area contributed by atoms with Crippen LogP contribution in [0.1, 0.15) is 17.0 Å². The minimum atomic E-state index is -3.01. The summed E-state index contributed by atoms with van der Waals surface area (Å²) in [5.74, 6) is -0.0133. The van der Waals surface area contributed by atoms with E-state index in [1.807, 2.05) is 31.2 Å². The highest BCUT2D eigenvalue weighted by Gasteiger charge is 2.54. The first kappa shape index (κ1) is 10.6. The van der Waals surface area contributed by atoms with E-state index in [0.29, 0.717) is 0 Å². The van der Waals surface area contributed by atoms with Crippen LogP contribution in [0.15, 0.2) is 24.3 Å². The summed E-state index contributed by atoms with van der Waals surface area (Å²) in [5.41, 5.74) is 7.99. The van der Waals surface area contributed by atoms with Crippen molar-refractivity contribution < 1.29 is 8.42 Å². The highest BCUT2D eigenvalue weighted by Crippen LogP contribution is 2.44. The van der Waals surface area contributed by atoms with E-state index in [9.17, 15) is 8.42 Å². The van der Waals surface area contributed by atoms with Gasteiger partial charge in [0.15, 0.2) is 9.84 Å². The molecule has 0 saturated heterocycles. The molecule has 4 heteroatoms. The van der Waals surface area contributed by atoms with E-state index in [1.165, 1.54) is 11.8 Å². The average molecular weight is 225 g/mol. The van der Waals surface area contributed by atoms with Crippen molar-refractivity contribution in [2.24, 2.45) is 5.73 Å². The van der Waals surface area contributed by atoms with Gasteiger partial charge in [-0.05, 0) is 12.5 Å². The first-order valence-electron chi connectivity index (χ1n) is 4.92. The van der Waals surface area contributed by atoms with Crippen LogP contribution in [0.2, 0.25) is 0 Å². The third kappa shape index (κ3) is 1.92. The van der Waals surface area contributed by atoms with E-state index >= 15 is 0 Å². The third-order valence-electron chi connectivity index (χ3n) is 2.96. The SMILES string of the molecule is Cc1ccc([C@@H]2[C@H](N)[C@H]2S(C)(=O)=O)cc1. The lowest BCUT2D eigenvalue weighted by Crippen LogP contribution is -2.13. The highest BCUT2D eigenvalue weighted by atomic mass is 32.2. The van der Waals surface area contributed by atoms with Gasteiger partial charge in [-0.3, -0.25) is 0 Å². The summed E-state index contributed by atoms with van der Waals surface area (Å²) in [6.45, 7) is 2.00. The van der Waals surface area contributed by atoms with Gasteiger partial charge in [-0.1, -0.05) is 29.8 Å². The van der Waals surface area contributed by atoms with Crippen molar-refractivity contribution in [3.8, 4) is 0 Å². The molecule has 0 amide bonds. The van der Waals surface area contributed by atoms with Gasteiger partial charge in [-0.25, -0.2) is 8.42 Å². The van der Waals surface area contributed by atoms with Gasteiger partial charge < -0.3 is 5.73 Å². The van der Waals surface area contributed by atoms with E-state index in [1.54, 1.807) is 0 Å². The molecule has 15 heavy (non-hydrogen) atoms. The van der Waals surface area contributed by atoms with E-state index in [-0.39, 0.29) is 17.2 Å². The van der Waals surface area contributed by atoms with Crippen LogP contribution in [0.25, 0.3) is 0 Å². The van der Waals surface area contributed by atoms with Gasteiger partial charge in [0.1, 0.15) is 0 Å². The van der Waals surface area contributed by atoms with Crippen molar-refractivity contribution in [3.63, 3.8) is 0 Å². The summed E-state index contributed by atoms with van der Waals surface area (Å²) < 4.78 is 22.7. The van der Waals surface area contributed by atoms with Crippen LogP contribution >= 0.6 is 0 Å². The van der Waals surface area contributed by atoms with Crippen LogP contribution in [0.4, 0.5) is 0 Å². The van der Waals surface area contributed by atoms with Gasteiger partial charge in [0.2, 0.25) is 0 Å². The molecule has 3 atom stereocenters. The summed E-state index contributed by atoms with van der Waals surface area (Å²) >= 11 is 0. The molecular formula is C11H15NO2S. The van der Waals surface area contributed by atoms with E-state index in [2.05, 4.69) is 0 Å². The molecule has 0 aliphatic heterocycles. The molecule has 1 saturated carbocycles. The minimum absolute atomic E-state index is 0.0133. The van der Waals surface area contributed by atoms with Crippen LogP contribution < -0.4 is 5.73 Å². The van der Waals surface area contributed by atoms with Crippen molar-refractivity contribution >= 4 is 9.84 Å². The summed E-state index contributed by atoms with van der Waals surface area (Å²) in [6.07, 6.45) is 1.26. The Kier molecular flexibility index (Phi) is 2.35.